The van der Waals surface area contributed by atoms with Crippen LogP contribution in [-0.2, 0) is 4.57 Å². The fourth-order valence-corrected chi connectivity index (χ4v) is 0.663. The van der Waals surface area contributed by atoms with Crippen LogP contribution in [0.1, 0.15) is 0 Å². The van der Waals surface area contributed by atoms with Crippen LogP contribution in [0.3, 0.4) is 0 Å². The smallest absolute Gasteiger partial charge is 0.314 e. The summed E-state index contributed by atoms with van der Waals surface area (Å²) in [7, 11) is -3.13. The SMILES string of the molecule is C1=CNSC=C1.Cl.O=[PH](O)O. The third kappa shape index (κ3) is 17.8. The minimum atomic E-state index is -3.13. The van der Waals surface area contributed by atoms with Gasteiger partial charge in [-0.05, 0) is 23.4 Å². The van der Waals surface area contributed by atoms with Crippen LogP contribution in [0.2, 0.25) is 0 Å². The summed E-state index contributed by atoms with van der Waals surface area (Å²) >= 11 is 1.58. The molecule has 0 aliphatic carbocycles. The molecule has 1 aliphatic heterocycles. The number of halogens is 1. The van der Waals surface area contributed by atoms with Crippen molar-refractivity contribution in [3.05, 3.63) is 23.8 Å². The standard InChI is InChI=1S/C4H5NS.ClH.H3O3P/c1-2-4-6-5-3-1;;1-4(2)3/h1-5H;1H;4H,(H2,1,2,3). The molecular formula is C4H9ClNO3PS. The van der Waals surface area contributed by atoms with E-state index >= 15 is 0 Å². The first kappa shape index (κ1) is 13.6. The summed E-state index contributed by atoms with van der Waals surface area (Å²) in [6, 6.07) is 0. The van der Waals surface area contributed by atoms with Gasteiger partial charge in [0.15, 0.2) is 0 Å². The Morgan fingerprint density at radius 1 is 1.36 bits per heavy atom. The van der Waals surface area contributed by atoms with E-state index in [0.717, 1.165) is 0 Å². The van der Waals surface area contributed by atoms with E-state index in [9.17, 15) is 0 Å². The number of hydrogen-bond donors (Lipinski definition) is 3. The Morgan fingerprint density at radius 3 is 2.00 bits per heavy atom. The van der Waals surface area contributed by atoms with Crippen molar-refractivity contribution < 1.29 is 14.4 Å². The van der Waals surface area contributed by atoms with Gasteiger partial charge >= 0.3 is 8.25 Å². The molecule has 0 amide bonds. The van der Waals surface area contributed by atoms with E-state index in [0.29, 0.717) is 0 Å². The predicted molar refractivity (Wildman–Crippen MR) is 49.7 cm³/mol. The molecule has 0 fully saturated rings. The normalized spacial score (nSPS) is 12.6. The van der Waals surface area contributed by atoms with Gasteiger partial charge in [0, 0.05) is 6.20 Å². The summed E-state index contributed by atoms with van der Waals surface area (Å²) in [5, 5.41) is 1.99. The Balaban J connectivity index is 0. The molecule has 0 unspecified atom stereocenters. The molecule has 11 heavy (non-hydrogen) atoms. The van der Waals surface area contributed by atoms with Gasteiger partial charge in [0.05, 0.1) is 0 Å². The molecule has 4 nitrogen and oxygen atoms in total. The lowest BCUT2D eigenvalue weighted by Gasteiger charge is -1.93. The summed E-state index contributed by atoms with van der Waals surface area (Å²) in [5.74, 6) is 0. The second kappa shape index (κ2) is 10.1. The molecule has 0 spiro atoms. The van der Waals surface area contributed by atoms with Crippen molar-refractivity contribution in [2.24, 2.45) is 0 Å². The van der Waals surface area contributed by atoms with Gasteiger partial charge in [-0.15, -0.1) is 12.4 Å². The molecule has 1 heterocycles. The summed E-state index contributed by atoms with van der Waals surface area (Å²) in [6.07, 6.45) is 5.84. The first-order valence-electron chi connectivity index (χ1n) is 2.38. The van der Waals surface area contributed by atoms with Crippen molar-refractivity contribution in [3.63, 3.8) is 0 Å². The van der Waals surface area contributed by atoms with Gasteiger partial charge in [-0.2, -0.15) is 0 Å². The quantitative estimate of drug-likeness (QED) is 0.418. The molecule has 1 aliphatic rings. The lowest BCUT2D eigenvalue weighted by atomic mass is 10.6. The molecule has 1 rings (SSSR count). The van der Waals surface area contributed by atoms with Crippen molar-refractivity contribution in [1.82, 2.24) is 4.72 Å². The topological polar surface area (TPSA) is 69.6 Å². The third-order valence-electron chi connectivity index (χ3n) is 0.490. The van der Waals surface area contributed by atoms with E-state index in [1.165, 1.54) is 0 Å². The van der Waals surface area contributed by atoms with E-state index in [-0.39, 0.29) is 12.4 Å². The summed E-state index contributed by atoms with van der Waals surface area (Å²) in [6.45, 7) is 0. The van der Waals surface area contributed by atoms with Crippen LogP contribution >= 0.6 is 32.6 Å². The number of nitrogens with one attached hydrogen (secondary N) is 1. The largest absolute Gasteiger partial charge is 0.333 e. The molecule has 0 aromatic rings. The Bertz CT molecular complexity index is 147. The first-order chi connectivity index (χ1) is 4.73. The molecule has 0 aromatic heterocycles. The van der Waals surface area contributed by atoms with Gasteiger partial charge < -0.3 is 14.5 Å². The Labute approximate surface area is 75.9 Å². The highest BCUT2D eigenvalue weighted by Gasteiger charge is 1.74. The van der Waals surface area contributed by atoms with Gasteiger partial charge in [0.2, 0.25) is 0 Å². The molecule has 0 atom stereocenters. The van der Waals surface area contributed by atoms with Gasteiger partial charge in [0.25, 0.3) is 0 Å². The monoisotopic (exact) mass is 217 g/mol. The van der Waals surface area contributed by atoms with Crippen molar-refractivity contribution in [3.8, 4) is 0 Å². The molecule has 66 valence electrons. The zero-order valence-corrected chi connectivity index (χ0v) is 8.06. The van der Waals surface area contributed by atoms with Crippen LogP contribution in [-0.4, -0.2) is 9.79 Å². The van der Waals surface area contributed by atoms with Crippen LogP contribution in [0.4, 0.5) is 0 Å². The molecule has 0 saturated heterocycles. The molecule has 0 aromatic carbocycles. The maximum Gasteiger partial charge on any atom is 0.314 e. The minimum Gasteiger partial charge on any atom is -0.333 e. The van der Waals surface area contributed by atoms with Crippen LogP contribution in [0, 0.1) is 0 Å². The van der Waals surface area contributed by atoms with Crippen molar-refractivity contribution in [1.29, 1.82) is 0 Å². The van der Waals surface area contributed by atoms with Gasteiger partial charge in [-0.25, -0.2) is 0 Å². The zero-order valence-electron chi connectivity index (χ0n) is 5.43. The molecule has 0 bridgehead atoms. The van der Waals surface area contributed by atoms with Gasteiger partial charge in [-0.3, -0.25) is 4.57 Å². The van der Waals surface area contributed by atoms with Gasteiger partial charge in [0.1, 0.15) is 0 Å². The predicted octanol–water partition coefficient (Wildman–Crippen LogP) is 1.05. The third-order valence-corrected chi connectivity index (χ3v) is 1.06. The highest BCUT2D eigenvalue weighted by Crippen LogP contribution is 1.99. The average molecular weight is 218 g/mol. The van der Waals surface area contributed by atoms with E-state index in [2.05, 4.69) is 4.72 Å². The Morgan fingerprint density at radius 2 is 1.91 bits per heavy atom. The molecule has 0 saturated carbocycles. The van der Waals surface area contributed by atoms with Crippen molar-refractivity contribution in [2.75, 3.05) is 0 Å². The maximum absolute atomic E-state index is 8.74. The lowest BCUT2D eigenvalue weighted by molar-refractivity contribution is 0.405. The number of hydrogen-bond acceptors (Lipinski definition) is 3. The second-order valence-corrected chi connectivity index (χ2v) is 2.51. The Hall–Kier alpha value is 0.0700. The van der Waals surface area contributed by atoms with Crippen LogP contribution < -0.4 is 4.72 Å². The van der Waals surface area contributed by atoms with Crippen LogP contribution in [0.15, 0.2) is 23.8 Å². The fraction of sp³-hybridized carbons (Fsp3) is 0. The average Bonchev–Trinajstić information content (AvgIpc) is 1.90. The van der Waals surface area contributed by atoms with Gasteiger partial charge in [-0.1, -0.05) is 6.08 Å². The Kier molecular flexibility index (Phi) is 12.5. The van der Waals surface area contributed by atoms with Crippen molar-refractivity contribution in [2.45, 2.75) is 0 Å². The van der Waals surface area contributed by atoms with Crippen molar-refractivity contribution >= 4 is 32.6 Å². The summed E-state index contributed by atoms with van der Waals surface area (Å²) in [5.41, 5.74) is 0. The minimum absolute atomic E-state index is 0. The zero-order chi connectivity index (χ0) is 7.82. The van der Waals surface area contributed by atoms with Crippen LogP contribution in [0.25, 0.3) is 0 Å². The van der Waals surface area contributed by atoms with Crippen LogP contribution in [0.5, 0.6) is 0 Å². The van der Waals surface area contributed by atoms with E-state index in [4.69, 9.17) is 14.4 Å². The lowest BCUT2D eigenvalue weighted by Crippen LogP contribution is -1.88. The summed E-state index contributed by atoms with van der Waals surface area (Å²) < 4.78 is 11.7. The number of allylic oxidation sites excluding steroid dienone is 2. The number of rotatable bonds is 0. The molecule has 3 N–H and O–H groups in total. The second-order valence-electron chi connectivity index (χ2n) is 1.21. The summed E-state index contributed by atoms with van der Waals surface area (Å²) in [4.78, 5) is 14.3. The maximum atomic E-state index is 8.74. The van der Waals surface area contributed by atoms with E-state index in [1.54, 1.807) is 11.9 Å². The van der Waals surface area contributed by atoms with E-state index < -0.39 is 8.25 Å². The highest BCUT2D eigenvalue weighted by molar-refractivity contribution is 8.00. The molecule has 0 radical (unpaired) electrons. The first-order valence-corrected chi connectivity index (χ1v) is 4.56. The fourth-order valence-electron chi connectivity index (χ4n) is 0.258. The molecular weight excluding hydrogens is 209 g/mol. The van der Waals surface area contributed by atoms with E-state index in [1.807, 2.05) is 23.8 Å². The highest BCUT2D eigenvalue weighted by atomic mass is 35.5. The molecule has 7 heteroatoms.